The van der Waals surface area contributed by atoms with Gasteiger partial charge in [0.2, 0.25) is 0 Å². The van der Waals surface area contributed by atoms with Crippen molar-refractivity contribution in [1.29, 1.82) is 0 Å². The molecule has 0 amide bonds. The topological polar surface area (TPSA) is 79.2 Å². The molecule has 154 valence electrons. The van der Waals surface area contributed by atoms with Crippen LogP contribution in [0.1, 0.15) is 72.6 Å². The first-order chi connectivity index (χ1) is 12.3. The van der Waals surface area contributed by atoms with Crippen molar-refractivity contribution >= 4 is 0 Å². The molecule has 1 heterocycles. The lowest BCUT2D eigenvalue weighted by atomic mass is 9.94. The fourth-order valence-electron chi connectivity index (χ4n) is 3.27. The van der Waals surface area contributed by atoms with Gasteiger partial charge in [-0.1, -0.05) is 58.1 Å². The summed E-state index contributed by atoms with van der Waals surface area (Å²) in [5, 5.41) is 28.8. The maximum atomic E-state index is 9.80. The molecule has 5 heteroatoms. The Labute approximate surface area is 159 Å². The van der Waals surface area contributed by atoms with Crippen LogP contribution in [0.15, 0.2) is 11.6 Å². The van der Waals surface area contributed by atoms with Crippen molar-refractivity contribution in [3.05, 3.63) is 11.6 Å². The van der Waals surface area contributed by atoms with Gasteiger partial charge in [0, 0.05) is 0 Å². The van der Waals surface area contributed by atoms with E-state index < -0.39 is 24.6 Å². The van der Waals surface area contributed by atoms with Crippen molar-refractivity contribution in [2.24, 2.45) is 11.8 Å². The number of aliphatic hydroxyl groups excluding tert-OH is 3. The summed E-state index contributed by atoms with van der Waals surface area (Å²) in [5.74, 6) is 1.61. The molecular formula is C21H40O5. The van der Waals surface area contributed by atoms with Gasteiger partial charge in [-0.25, -0.2) is 0 Å². The van der Waals surface area contributed by atoms with Crippen molar-refractivity contribution in [3.8, 4) is 0 Å². The van der Waals surface area contributed by atoms with Gasteiger partial charge in [-0.3, -0.25) is 0 Å². The summed E-state index contributed by atoms with van der Waals surface area (Å²) in [6, 6.07) is 0. The molecule has 0 aliphatic carbocycles. The minimum Gasteiger partial charge on any atom is -0.388 e. The van der Waals surface area contributed by atoms with Crippen LogP contribution < -0.4 is 0 Å². The fourth-order valence-corrected chi connectivity index (χ4v) is 3.27. The summed E-state index contributed by atoms with van der Waals surface area (Å²) in [4.78, 5) is 0. The normalized spacial score (nSPS) is 28.5. The van der Waals surface area contributed by atoms with Crippen molar-refractivity contribution in [3.63, 3.8) is 0 Å². The molecule has 3 N–H and O–H groups in total. The second-order valence-corrected chi connectivity index (χ2v) is 8.28. The highest BCUT2D eigenvalue weighted by Gasteiger charge is 2.37. The summed E-state index contributed by atoms with van der Waals surface area (Å²) in [5.41, 5.74) is 1.36. The second-order valence-electron chi connectivity index (χ2n) is 8.28. The highest BCUT2D eigenvalue weighted by Crippen LogP contribution is 2.20. The van der Waals surface area contributed by atoms with Crippen LogP contribution >= 0.6 is 0 Å². The Morgan fingerprint density at radius 3 is 2.46 bits per heavy atom. The summed E-state index contributed by atoms with van der Waals surface area (Å²) in [6.07, 6.45) is 6.20. The van der Waals surface area contributed by atoms with Crippen LogP contribution in [-0.2, 0) is 9.47 Å². The Morgan fingerprint density at radius 2 is 1.77 bits per heavy atom. The lowest BCUT2D eigenvalue weighted by Crippen LogP contribution is -2.53. The first-order valence-electron chi connectivity index (χ1n) is 10.2. The number of rotatable bonds is 12. The Kier molecular flexibility index (Phi) is 11.6. The average Bonchev–Trinajstić information content (AvgIpc) is 2.58. The van der Waals surface area contributed by atoms with Gasteiger partial charge in [0.15, 0.2) is 6.29 Å². The minimum atomic E-state index is -1.21. The molecule has 0 aromatic heterocycles. The Hall–Kier alpha value is -0.460. The standard InChI is InChI=1S/C21H40O5/c1-15(2)8-5-9-16(3)10-6-11-17(4)12-7-13-25-21-20(24)19(23)18(22)14-26-21/h12,15-16,18-24H,5-11,13-14H2,1-4H3. The van der Waals surface area contributed by atoms with Crippen molar-refractivity contribution in [2.75, 3.05) is 13.2 Å². The number of hydrogen-bond donors (Lipinski definition) is 3. The van der Waals surface area contributed by atoms with Crippen LogP contribution in [0.2, 0.25) is 0 Å². The van der Waals surface area contributed by atoms with Gasteiger partial charge in [-0.05, 0) is 38.0 Å². The van der Waals surface area contributed by atoms with Gasteiger partial charge >= 0.3 is 0 Å². The van der Waals surface area contributed by atoms with E-state index in [1.54, 1.807) is 0 Å². The highest BCUT2D eigenvalue weighted by molar-refractivity contribution is 4.97. The van der Waals surface area contributed by atoms with Crippen molar-refractivity contribution in [1.82, 2.24) is 0 Å². The van der Waals surface area contributed by atoms with Crippen LogP contribution in [0.3, 0.4) is 0 Å². The largest absolute Gasteiger partial charge is 0.388 e. The summed E-state index contributed by atoms with van der Waals surface area (Å²) < 4.78 is 10.7. The van der Waals surface area contributed by atoms with E-state index in [9.17, 15) is 15.3 Å². The summed E-state index contributed by atoms with van der Waals surface area (Å²) in [6.45, 7) is 9.48. The van der Waals surface area contributed by atoms with Gasteiger partial charge in [0.05, 0.1) is 13.2 Å². The van der Waals surface area contributed by atoms with Crippen molar-refractivity contribution in [2.45, 2.75) is 97.2 Å². The predicted octanol–water partition coefficient (Wildman–Crippen LogP) is 3.41. The molecule has 1 aliphatic heterocycles. The maximum Gasteiger partial charge on any atom is 0.186 e. The molecule has 0 saturated carbocycles. The van der Waals surface area contributed by atoms with Crippen LogP contribution in [0, 0.1) is 11.8 Å². The van der Waals surface area contributed by atoms with Crippen molar-refractivity contribution < 1.29 is 24.8 Å². The quantitative estimate of drug-likeness (QED) is 0.361. The lowest BCUT2D eigenvalue weighted by molar-refractivity contribution is -0.269. The molecule has 0 radical (unpaired) electrons. The highest BCUT2D eigenvalue weighted by atomic mass is 16.7. The summed E-state index contributed by atoms with van der Waals surface area (Å²) >= 11 is 0. The minimum absolute atomic E-state index is 0.0207. The van der Waals surface area contributed by atoms with Gasteiger partial charge in [0.1, 0.15) is 18.3 Å². The van der Waals surface area contributed by atoms with E-state index in [-0.39, 0.29) is 6.61 Å². The first kappa shape index (κ1) is 23.6. The Bertz CT molecular complexity index is 396. The molecule has 5 nitrogen and oxygen atoms in total. The summed E-state index contributed by atoms with van der Waals surface area (Å²) in [7, 11) is 0. The number of allylic oxidation sites excluding steroid dienone is 1. The first-order valence-corrected chi connectivity index (χ1v) is 10.2. The molecule has 0 spiro atoms. The fraction of sp³-hybridized carbons (Fsp3) is 0.905. The molecule has 5 unspecified atom stereocenters. The number of hydrogen-bond acceptors (Lipinski definition) is 5. The number of aliphatic hydroxyl groups is 3. The molecular weight excluding hydrogens is 332 g/mol. The molecule has 0 aromatic rings. The smallest absolute Gasteiger partial charge is 0.186 e. The molecule has 1 rings (SSSR count). The van der Waals surface area contributed by atoms with E-state index >= 15 is 0 Å². The molecule has 26 heavy (non-hydrogen) atoms. The monoisotopic (exact) mass is 372 g/mol. The van der Waals surface area contributed by atoms with Crippen LogP contribution in [0.5, 0.6) is 0 Å². The average molecular weight is 373 g/mol. The molecule has 1 aliphatic rings. The van der Waals surface area contributed by atoms with E-state index in [4.69, 9.17) is 9.47 Å². The number of ether oxygens (including phenoxy) is 2. The molecule has 1 fully saturated rings. The van der Waals surface area contributed by atoms with E-state index in [2.05, 4.69) is 33.8 Å². The molecule has 1 saturated heterocycles. The Morgan fingerprint density at radius 1 is 1.08 bits per heavy atom. The van der Waals surface area contributed by atoms with Crippen LogP contribution in [0.4, 0.5) is 0 Å². The third kappa shape index (κ3) is 9.47. The van der Waals surface area contributed by atoms with Gasteiger partial charge in [-0.15, -0.1) is 0 Å². The van der Waals surface area contributed by atoms with Gasteiger partial charge in [-0.2, -0.15) is 0 Å². The van der Waals surface area contributed by atoms with Gasteiger partial charge < -0.3 is 24.8 Å². The molecule has 0 bridgehead atoms. The van der Waals surface area contributed by atoms with E-state index in [1.165, 1.54) is 37.7 Å². The van der Waals surface area contributed by atoms with E-state index in [0.29, 0.717) is 6.61 Å². The maximum absolute atomic E-state index is 9.80. The van der Waals surface area contributed by atoms with Gasteiger partial charge in [0.25, 0.3) is 0 Å². The third-order valence-electron chi connectivity index (χ3n) is 5.09. The predicted molar refractivity (Wildman–Crippen MR) is 104 cm³/mol. The van der Waals surface area contributed by atoms with Crippen LogP contribution in [0.25, 0.3) is 0 Å². The lowest BCUT2D eigenvalue weighted by Gasteiger charge is -2.34. The van der Waals surface area contributed by atoms with Crippen LogP contribution in [-0.4, -0.2) is 53.1 Å². The van der Waals surface area contributed by atoms with E-state index in [0.717, 1.165) is 24.7 Å². The van der Waals surface area contributed by atoms with E-state index in [1.807, 2.05) is 0 Å². The second kappa shape index (κ2) is 12.8. The SMILES string of the molecule is CC(=CCCOC1OCC(O)C(O)C1O)CCCC(C)CCCC(C)C. The zero-order chi connectivity index (χ0) is 19.5. The zero-order valence-electron chi connectivity index (χ0n) is 17.1. The molecule has 0 aromatic carbocycles. The third-order valence-corrected chi connectivity index (χ3v) is 5.09. The Balaban J connectivity index is 2.10. The molecule has 5 atom stereocenters. The zero-order valence-corrected chi connectivity index (χ0v) is 17.1.